The molecule has 3 N–H and O–H groups in total. The first-order valence-corrected chi connectivity index (χ1v) is 7.72. The third kappa shape index (κ3) is 1.89. The van der Waals surface area contributed by atoms with Crippen LogP contribution < -0.4 is 0 Å². The Balaban J connectivity index is 2.41. The molecule has 0 aromatic rings. The smallest absolute Gasteiger partial charge is 0.0986 e. The molecule has 0 heterocycles. The van der Waals surface area contributed by atoms with Gasteiger partial charge in [-0.2, -0.15) is 0 Å². The quantitative estimate of drug-likeness (QED) is 0.722. The van der Waals surface area contributed by atoms with E-state index in [0.717, 1.165) is 25.7 Å². The van der Waals surface area contributed by atoms with E-state index < -0.39 is 11.7 Å². The fourth-order valence-electron chi connectivity index (χ4n) is 4.90. The number of aliphatic hydroxyl groups is 3. The van der Waals surface area contributed by atoms with E-state index in [-0.39, 0.29) is 23.4 Å². The van der Waals surface area contributed by atoms with Gasteiger partial charge in [-0.1, -0.05) is 27.7 Å². The normalized spacial score (nSPS) is 51.2. The van der Waals surface area contributed by atoms with Gasteiger partial charge in [0.2, 0.25) is 0 Å². The van der Waals surface area contributed by atoms with Crippen LogP contribution in [-0.2, 0) is 0 Å². The first-order chi connectivity index (χ1) is 8.71. The molecule has 0 aromatic heterocycles. The van der Waals surface area contributed by atoms with Gasteiger partial charge in [-0.15, -0.1) is 0 Å². The number of rotatable bonds is 2. The standard InChI is InChI=1S/C16H30O3/c1-11(2)16(19)13(18)9-14(3)7-5-12(10-17)6-8-15(14,16)4/h11-13,17-19H,5-10H2,1-4H3/t12?,13-,14-,15+,16-/m0/s1. The SMILES string of the molecule is CC(C)[C@]1(O)[C@@H](O)C[C@]2(C)CCC(CO)CC[C@]21C. The summed E-state index contributed by atoms with van der Waals surface area (Å²) in [5, 5.41) is 31.2. The van der Waals surface area contributed by atoms with Gasteiger partial charge in [0, 0.05) is 12.0 Å². The summed E-state index contributed by atoms with van der Waals surface area (Å²) in [6.07, 6.45) is 3.87. The van der Waals surface area contributed by atoms with E-state index in [1.54, 1.807) is 0 Å². The van der Waals surface area contributed by atoms with Gasteiger partial charge in [0.1, 0.15) is 0 Å². The van der Waals surface area contributed by atoms with Crippen LogP contribution in [0, 0.1) is 22.7 Å². The molecule has 2 aliphatic rings. The Morgan fingerprint density at radius 1 is 1.16 bits per heavy atom. The minimum Gasteiger partial charge on any atom is -0.396 e. The average molecular weight is 270 g/mol. The van der Waals surface area contributed by atoms with Gasteiger partial charge < -0.3 is 15.3 Å². The fraction of sp³-hybridized carbons (Fsp3) is 1.00. The lowest BCUT2D eigenvalue weighted by atomic mass is 9.57. The highest BCUT2D eigenvalue weighted by Gasteiger charge is 2.67. The monoisotopic (exact) mass is 270 g/mol. The molecule has 0 aromatic carbocycles. The number of hydrogen-bond donors (Lipinski definition) is 3. The van der Waals surface area contributed by atoms with Crippen molar-refractivity contribution < 1.29 is 15.3 Å². The van der Waals surface area contributed by atoms with Gasteiger partial charge in [0.25, 0.3) is 0 Å². The molecule has 5 atom stereocenters. The Hall–Kier alpha value is -0.120. The summed E-state index contributed by atoms with van der Waals surface area (Å²) in [4.78, 5) is 0. The number of hydrogen-bond acceptors (Lipinski definition) is 3. The molecule has 2 aliphatic carbocycles. The Bertz CT molecular complexity index is 343. The second-order valence-electron chi connectivity index (χ2n) is 7.72. The minimum atomic E-state index is -1.01. The highest BCUT2D eigenvalue weighted by Crippen LogP contribution is 2.66. The maximum atomic E-state index is 11.2. The van der Waals surface area contributed by atoms with Crippen LogP contribution in [0.1, 0.15) is 59.8 Å². The zero-order valence-corrected chi connectivity index (χ0v) is 12.8. The van der Waals surface area contributed by atoms with Gasteiger partial charge in [-0.3, -0.25) is 0 Å². The molecule has 19 heavy (non-hydrogen) atoms. The summed E-state index contributed by atoms with van der Waals surface area (Å²) in [6.45, 7) is 8.64. The zero-order chi connectivity index (χ0) is 14.5. The third-order valence-corrected chi connectivity index (χ3v) is 6.66. The first kappa shape index (κ1) is 15.3. The predicted molar refractivity (Wildman–Crippen MR) is 75.7 cm³/mol. The Kier molecular flexibility index (Phi) is 3.79. The second-order valence-corrected chi connectivity index (χ2v) is 7.72. The topological polar surface area (TPSA) is 60.7 Å². The van der Waals surface area contributed by atoms with Crippen molar-refractivity contribution in [3.8, 4) is 0 Å². The van der Waals surface area contributed by atoms with E-state index in [2.05, 4.69) is 13.8 Å². The van der Waals surface area contributed by atoms with Crippen molar-refractivity contribution in [2.24, 2.45) is 22.7 Å². The predicted octanol–water partition coefficient (Wildman–Crippen LogP) is 2.33. The third-order valence-electron chi connectivity index (χ3n) is 6.66. The van der Waals surface area contributed by atoms with Crippen molar-refractivity contribution in [3.63, 3.8) is 0 Å². The summed E-state index contributed by atoms with van der Waals surface area (Å²) >= 11 is 0. The van der Waals surface area contributed by atoms with Crippen LogP contribution in [0.15, 0.2) is 0 Å². The van der Waals surface area contributed by atoms with Gasteiger partial charge >= 0.3 is 0 Å². The van der Waals surface area contributed by atoms with Crippen molar-refractivity contribution in [2.45, 2.75) is 71.5 Å². The molecular weight excluding hydrogens is 240 g/mol. The molecule has 112 valence electrons. The van der Waals surface area contributed by atoms with E-state index in [1.165, 1.54) is 0 Å². The molecule has 0 spiro atoms. The van der Waals surface area contributed by atoms with Crippen LogP contribution in [0.2, 0.25) is 0 Å². The van der Waals surface area contributed by atoms with Gasteiger partial charge in [-0.25, -0.2) is 0 Å². The second kappa shape index (κ2) is 4.71. The first-order valence-electron chi connectivity index (χ1n) is 7.72. The van der Waals surface area contributed by atoms with Crippen molar-refractivity contribution in [1.82, 2.24) is 0 Å². The van der Waals surface area contributed by atoms with Gasteiger partial charge in [0.15, 0.2) is 0 Å². The average Bonchev–Trinajstić information content (AvgIpc) is 2.45. The van der Waals surface area contributed by atoms with Crippen LogP contribution in [0.4, 0.5) is 0 Å². The summed E-state index contributed by atoms with van der Waals surface area (Å²) in [5.74, 6) is 0.396. The van der Waals surface area contributed by atoms with Crippen molar-refractivity contribution in [3.05, 3.63) is 0 Å². The van der Waals surface area contributed by atoms with Gasteiger partial charge in [0.05, 0.1) is 11.7 Å². The summed E-state index contributed by atoms with van der Waals surface area (Å²) in [6, 6.07) is 0. The molecule has 0 radical (unpaired) electrons. The highest BCUT2D eigenvalue weighted by molar-refractivity contribution is 5.17. The molecule has 2 rings (SSSR count). The highest BCUT2D eigenvalue weighted by atomic mass is 16.3. The molecule has 2 saturated carbocycles. The summed E-state index contributed by atoms with van der Waals surface area (Å²) < 4.78 is 0. The Morgan fingerprint density at radius 3 is 2.26 bits per heavy atom. The van der Waals surface area contributed by atoms with E-state index in [1.807, 2.05) is 13.8 Å². The lowest BCUT2D eigenvalue weighted by Gasteiger charge is -2.50. The Labute approximate surface area is 117 Å². The lowest BCUT2D eigenvalue weighted by Crippen LogP contribution is -2.56. The van der Waals surface area contributed by atoms with E-state index in [0.29, 0.717) is 12.3 Å². The molecule has 0 aliphatic heterocycles. The van der Waals surface area contributed by atoms with E-state index in [4.69, 9.17) is 0 Å². The Morgan fingerprint density at radius 2 is 1.74 bits per heavy atom. The number of aliphatic hydroxyl groups excluding tert-OH is 2. The van der Waals surface area contributed by atoms with E-state index in [9.17, 15) is 15.3 Å². The lowest BCUT2D eigenvalue weighted by molar-refractivity contribution is -0.166. The fourth-order valence-corrected chi connectivity index (χ4v) is 4.90. The number of fused-ring (bicyclic) bond motifs is 1. The van der Waals surface area contributed by atoms with Crippen LogP contribution in [-0.4, -0.2) is 33.6 Å². The molecule has 2 fully saturated rings. The summed E-state index contributed by atoms with van der Waals surface area (Å²) in [7, 11) is 0. The van der Waals surface area contributed by atoms with Gasteiger partial charge in [-0.05, 0) is 49.4 Å². The molecule has 0 amide bonds. The molecule has 0 saturated heterocycles. The molecule has 1 unspecified atom stereocenters. The minimum absolute atomic E-state index is 0.0324. The largest absolute Gasteiger partial charge is 0.396 e. The molecule has 0 bridgehead atoms. The maximum absolute atomic E-state index is 11.2. The van der Waals surface area contributed by atoms with E-state index >= 15 is 0 Å². The van der Waals surface area contributed by atoms with Crippen molar-refractivity contribution in [2.75, 3.05) is 6.61 Å². The maximum Gasteiger partial charge on any atom is 0.0986 e. The zero-order valence-electron chi connectivity index (χ0n) is 12.8. The van der Waals surface area contributed by atoms with Crippen LogP contribution in [0.5, 0.6) is 0 Å². The van der Waals surface area contributed by atoms with Crippen molar-refractivity contribution in [1.29, 1.82) is 0 Å². The van der Waals surface area contributed by atoms with Crippen LogP contribution in [0.25, 0.3) is 0 Å². The molecular formula is C16H30O3. The van der Waals surface area contributed by atoms with Crippen molar-refractivity contribution >= 4 is 0 Å². The molecule has 3 nitrogen and oxygen atoms in total. The molecule has 3 heteroatoms. The summed E-state index contributed by atoms with van der Waals surface area (Å²) in [5.41, 5.74) is -1.31. The van der Waals surface area contributed by atoms with Crippen LogP contribution in [0.3, 0.4) is 0 Å². The van der Waals surface area contributed by atoms with Crippen LogP contribution >= 0.6 is 0 Å².